The van der Waals surface area contributed by atoms with Gasteiger partial charge in [0.25, 0.3) is 0 Å². The van der Waals surface area contributed by atoms with Gasteiger partial charge in [0.05, 0.1) is 12.3 Å². The van der Waals surface area contributed by atoms with E-state index in [0.717, 1.165) is 0 Å². The smallest absolute Gasteiger partial charge is 0.175 e. The molecule has 0 bridgehead atoms. The predicted molar refractivity (Wildman–Crippen MR) is 61.7 cm³/mol. The first-order valence-corrected chi connectivity index (χ1v) is 4.91. The van der Waals surface area contributed by atoms with Gasteiger partial charge in [0.2, 0.25) is 0 Å². The molecule has 3 nitrogen and oxygen atoms in total. The number of hydrazone groups is 1. The highest BCUT2D eigenvalue weighted by atomic mass is 16.1. The Morgan fingerprint density at radius 3 is 2.40 bits per heavy atom. The monoisotopic (exact) mass is 204 g/mol. The molecule has 1 rings (SSSR count). The Labute approximate surface area is 90.4 Å². The first kappa shape index (κ1) is 11.4. The third kappa shape index (κ3) is 3.94. The molecule has 0 amide bonds. The molecule has 0 aromatic heterocycles. The first-order chi connectivity index (χ1) is 7.09. The van der Waals surface area contributed by atoms with Gasteiger partial charge >= 0.3 is 0 Å². The molecule has 0 N–H and O–H groups in total. The zero-order valence-corrected chi connectivity index (χ0v) is 9.40. The Morgan fingerprint density at radius 2 is 1.87 bits per heavy atom. The van der Waals surface area contributed by atoms with Crippen molar-refractivity contribution in [3.05, 3.63) is 35.9 Å². The molecule has 0 atom stereocenters. The van der Waals surface area contributed by atoms with Crippen LogP contribution in [0.5, 0.6) is 0 Å². The van der Waals surface area contributed by atoms with Gasteiger partial charge in [-0.1, -0.05) is 30.3 Å². The van der Waals surface area contributed by atoms with Crippen LogP contribution >= 0.6 is 0 Å². The van der Waals surface area contributed by atoms with Crippen molar-refractivity contribution in [1.82, 2.24) is 5.01 Å². The second-order valence-corrected chi connectivity index (χ2v) is 3.54. The lowest BCUT2D eigenvalue weighted by Gasteiger charge is -2.13. The molecule has 1 aromatic carbocycles. The Balaban J connectivity index is 2.61. The van der Waals surface area contributed by atoms with Gasteiger partial charge < -0.3 is 0 Å². The van der Waals surface area contributed by atoms with Gasteiger partial charge in [-0.25, -0.2) is 0 Å². The summed E-state index contributed by atoms with van der Waals surface area (Å²) in [5, 5.41) is 5.94. The van der Waals surface area contributed by atoms with Crippen LogP contribution in [0.3, 0.4) is 0 Å². The van der Waals surface area contributed by atoms with E-state index in [1.807, 2.05) is 37.4 Å². The van der Waals surface area contributed by atoms with Gasteiger partial charge in [-0.2, -0.15) is 5.10 Å². The van der Waals surface area contributed by atoms with Gasteiger partial charge in [-0.3, -0.25) is 9.80 Å². The average Bonchev–Trinajstić information content (AvgIpc) is 2.18. The Bertz CT molecular complexity index is 357. The van der Waals surface area contributed by atoms with Crippen molar-refractivity contribution in [2.75, 3.05) is 7.05 Å². The fraction of sp³-hybridized carbons (Fsp3) is 0.333. The summed E-state index contributed by atoms with van der Waals surface area (Å²) in [4.78, 5) is 11.0. The number of hydrogen-bond donors (Lipinski definition) is 0. The van der Waals surface area contributed by atoms with Crippen LogP contribution in [-0.2, 0) is 11.3 Å². The van der Waals surface area contributed by atoms with Crippen LogP contribution in [0.15, 0.2) is 35.4 Å². The first-order valence-electron chi connectivity index (χ1n) is 4.91. The number of Topliss-reactive ketones (excluding diaryl/α,β-unsaturated/α-hetero) is 1. The Hall–Kier alpha value is -1.64. The molecule has 1 aromatic rings. The van der Waals surface area contributed by atoms with E-state index in [0.29, 0.717) is 12.3 Å². The summed E-state index contributed by atoms with van der Waals surface area (Å²) in [5.41, 5.74) is 1.72. The Kier molecular flexibility index (Phi) is 4.03. The third-order valence-corrected chi connectivity index (χ3v) is 2.08. The predicted octanol–water partition coefficient (Wildman–Crippen LogP) is 2.08. The number of hydrogen-bond acceptors (Lipinski definition) is 3. The summed E-state index contributed by atoms with van der Waals surface area (Å²) in [6.07, 6.45) is 0. The lowest BCUT2D eigenvalue weighted by Crippen LogP contribution is -2.16. The number of nitrogens with zero attached hydrogens (tertiary/aromatic N) is 2. The van der Waals surface area contributed by atoms with Gasteiger partial charge in [0.1, 0.15) is 0 Å². The number of carbonyl (C=O) groups excluding carboxylic acids is 1. The molecule has 80 valence electrons. The molecule has 0 spiro atoms. The number of carbonyl (C=O) groups is 1. The lowest BCUT2D eigenvalue weighted by atomic mass is 10.2. The van der Waals surface area contributed by atoms with Crippen LogP contribution in [0, 0.1) is 0 Å². The van der Waals surface area contributed by atoms with Crippen molar-refractivity contribution in [3.8, 4) is 0 Å². The van der Waals surface area contributed by atoms with E-state index in [9.17, 15) is 4.79 Å². The van der Waals surface area contributed by atoms with Crippen LogP contribution in [0.25, 0.3) is 0 Å². The minimum absolute atomic E-state index is 0.00918. The van der Waals surface area contributed by atoms with Crippen molar-refractivity contribution in [3.63, 3.8) is 0 Å². The molecule has 0 saturated carbocycles. The van der Waals surface area contributed by atoms with Gasteiger partial charge in [-0.05, 0) is 12.5 Å². The molecule has 0 saturated heterocycles. The van der Waals surface area contributed by atoms with Crippen LogP contribution in [0.1, 0.15) is 19.4 Å². The van der Waals surface area contributed by atoms with E-state index in [-0.39, 0.29) is 5.78 Å². The maximum Gasteiger partial charge on any atom is 0.175 e. The van der Waals surface area contributed by atoms with Crippen molar-refractivity contribution < 1.29 is 4.79 Å². The number of benzene rings is 1. The largest absolute Gasteiger partial charge is 0.295 e. The second kappa shape index (κ2) is 5.29. The molecule has 0 fully saturated rings. The van der Waals surface area contributed by atoms with Crippen molar-refractivity contribution in [1.29, 1.82) is 0 Å². The fourth-order valence-corrected chi connectivity index (χ4v) is 1.21. The maximum absolute atomic E-state index is 11.0. The Morgan fingerprint density at radius 1 is 1.27 bits per heavy atom. The zero-order chi connectivity index (χ0) is 11.3. The lowest BCUT2D eigenvalue weighted by molar-refractivity contribution is -0.111. The number of ketones is 1. The van der Waals surface area contributed by atoms with E-state index >= 15 is 0 Å². The summed E-state index contributed by atoms with van der Waals surface area (Å²) >= 11 is 0. The number of rotatable bonds is 4. The summed E-state index contributed by atoms with van der Waals surface area (Å²) in [6, 6.07) is 10.0. The highest BCUT2D eigenvalue weighted by molar-refractivity contribution is 6.37. The minimum atomic E-state index is 0.00918. The molecule has 0 aliphatic heterocycles. The van der Waals surface area contributed by atoms with Crippen LogP contribution in [0.2, 0.25) is 0 Å². The average molecular weight is 204 g/mol. The van der Waals surface area contributed by atoms with Crippen molar-refractivity contribution >= 4 is 11.5 Å². The maximum atomic E-state index is 11.0. The van der Waals surface area contributed by atoms with Crippen LogP contribution < -0.4 is 0 Å². The molecule has 0 heterocycles. The quantitative estimate of drug-likeness (QED) is 0.555. The highest BCUT2D eigenvalue weighted by Crippen LogP contribution is 2.02. The van der Waals surface area contributed by atoms with E-state index < -0.39 is 0 Å². The highest BCUT2D eigenvalue weighted by Gasteiger charge is 2.00. The van der Waals surface area contributed by atoms with Crippen molar-refractivity contribution in [2.45, 2.75) is 20.4 Å². The summed E-state index contributed by atoms with van der Waals surface area (Å²) in [6.45, 7) is 3.96. The van der Waals surface area contributed by atoms with E-state index in [1.165, 1.54) is 12.5 Å². The zero-order valence-electron chi connectivity index (χ0n) is 9.40. The minimum Gasteiger partial charge on any atom is -0.295 e. The standard InChI is InChI=1S/C12H16N2O/c1-10(11(2)15)13-14(3)9-12-7-5-4-6-8-12/h4-8H,9H2,1-3H3. The molecule has 0 aliphatic carbocycles. The third-order valence-electron chi connectivity index (χ3n) is 2.08. The van der Waals surface area contributed by atoms with Gasteiger partial charge in [0.15, 0.2) is 5.78 Å². The topological polar surface area (TPSA) is 32.7 Å². The normalized spacial score (nSPS) is 11.3. The molecular weight excluding hydrogens is 188 g/mol. The molecule has 15 heavy (non-hydrogen) atoms. The van der Waals surface area contributed by atoms with Gasteiger partial charge in [0, 0.05) is 14.0 Å². The molecule has 0 unspecified atom stereocenters. The SMILES string of the molecule is CC(=O)C(C)=NN(C)Cc1ccccc1. The summed E-state index contributed by atoms with van der Waals surface area (Å²) in [5.74, 6) is 0.00918. The van der Waals surface area contributed by atoms with E-state index in [2.05, 4.69) is 5.10 Å². The molecule has 0 aliphatic rings. The summed E-state index contributed by atoms with van der Waals surface area (Å²) < 4.78 is 0. The molecule has 0 radical (unpaired) electrons. The second-order valence-electron chi connectivity index (χ2n) is 3.54. The van der Waals surface area contributed by atoms with Gasteiger partial charge in [-0.15, -0.1) is 0 Å². The fourth-order valence-electron chi connectivity index (χ4n) is 1.21. The van der Waals surface area contributed by atoms with E-state index in [1.54, 1.807) is 11.9 Å². The summed E-state index contributed by atoms with van der Waals surface area (Å²) in [7, 11) is 1.86. The molecular formula is C12H16N2O. The van der Waals surface area contributed by atoms with Crippen LogP contribution in [0.4, 0.5) is 0 Å². The van der Waals surface area contributed by atoms with Crippen molar-refractivity contribution in [2.24, 2.45) is 5.10 Å². The molecule has 3 heteroatoms. The van der Waals surface area contributed by atoms with E-state index in [4.69, 9.17) is 0 Å². The van der Waals surface area contributed by atoms with Crippen LogP contribution in [-0.4, -0.2) is 23.6 Å².